The van der Waals surface area contributed by atoms with Crippen molar-refractivity contribution in [1.29, 1.82) is 0 Å². The molecule has 0 saturated heterocycles. The van der Waals surface area contributed by atoms with Gasteiger partial charge in [-0.3, -0.25) is 0 Å². The first-order valence-corrected chi connectivity index (χ1v) is 27.6. The summed E-state index contributed by atoms with van der Waals surface area (Å²) in [4.78, 5) is 11.8. The van der Waals surface area contributed by atoms with Gasteiger partial charge in [0.1, 0.15) is 0 Å². The Bertz CT molecular complexity index is 1990. The molecule has 448 valence electrons. The second kappa shape index (κ2) is 20.8. The monoisotopic (exact) mass is 1430 g/mol. The molecule has 1 N–H and O–H groups in total. The first-order valence-electron chi connectivity index (χ1n) is 18.6. The van der Waals surface area contributed by atoms with Gasteiger partial charge in [0.25, 0.3) is 0 Å². The van der Waals surface area contributed by atoms with Crippen LogP contribution in [0.1, 0.15) is 24.8 Å². The summed E-state index contributed by atoms with van der Waals surface area (Å²) in [6, 6.07) is 0.236. The van der Waals surface area contributed by atoms with Crippen LogP contribution in [0.4, 0.5) is 171 Å². The van der Waals surface area contributed by atoms with Gasteiger partial charge in [-0.25, -0.2) is 0 Å². The van der Waals surface area contributed by atoms with E-state index in [-0.39, 0.29) is 18.2 Å². The predicted molar refractivity (Wildman–Crippen MR) is 183 cm³/mol. The molecule has 1 amide bonds. The molecule has 43 heteroatoms. The fourth-order valence-corrected chi connectivity index (χ4v) is 20.5. The quantitative estimate of drug-likeness (QED) is 0.0450. The van der Waals surface area contributed by atoms with E-state index in [0.717, 1.165) is 0 Å². The number of alkyl halides is 40. The number of carbonyl (C=O) groups excluding carboxylic acids is 1. The van der Waals surface area contributed by atoms with Gasteiger partial charge in [-0.05, 0) is 0 Å². The van der Waals surface area contributed by atoms with E-state index in [1.165, 1.54) is 22.6 Å². The molecule has 2 nitrogen and oxygen atoms in total. The zero-order valence-electron chi connectivity index (χ0n) is 35.0. The molecule has 0 spiro atoms. The third kappa shape index (κ3) is 11.4. The zero-order valence-corrected chi connectivity index (χ0v) is 40.0. The van der Waals surface area contributed by atoms with Crippen molar-refractivity contribution in [3.63, 3.8) is 0 Å². The first-order chi connectivity index (χ1) is 32.8. The van der Waals surface area contributed by atoms with Gasteiger partial charge in [0.2, 0.25) is 0 Å². The van der Waals surface area contributed by atoms with Crippen molar-refractivity contribution in [2.24, 2.45) is 0 Å². The van der Waals surface area contributed by atoms with E-state index in [1.54, 1.807) is 5.32 Å². The Morgan fingerprint density at radius 2 is 0.605 bits per heavy atom. The molecular formula is C33H21F39INOSn. The first kappa shape index (κ1) is 71.5. The van der Waals surface area contributed by atoms with Gasteiger partial charge in [0.15, 0.2) is 0 Å². The van der Waals surface area contributed by atoms with Gasteiger partial charge >= 0.3 is 413 Å². The normalized spacial score (nSPS) is 16.1. The van der Waals surface area contributed by atoms with Crippen LogP contribution in [-0.4, -0.2) is 136 Å². The summed E-state index contributed by atoms with van der Waals surface area (Å²) in [5.41, 5.74) is -0.982. The molecule has 0 heterocycles. The van der Waals surface area contributed by atoms with Crippen LogP contribution < -0.4 is 8.90 Å². The number of rotatable bonds is 25. The van der Waals surface area contributed by atoms with Crippen LogP contribution >= 0.6 is 22.6 Å². The average molecular weight is 1430 g/mol. The molecule has 1 aromatic rings. The molecule has 0 bridgehead atoms. The Kier molecular flexibility index (Phi) is 19.6. The van der Waals surface area contributed by atoms with Crippen LogP contribution in [0.2, 0.25) is 13.3 Å². The molecule has 0 aliphatic carbocycles. The van der Waals surface area contributed by atoms with Crippen LogP contribution in [-0.2, 0) is 11.3 Å². The molecular weight excluding hydrogens is 1410 g/mol. The standard InChI is InChI=1S/C9H9INO.3C8H4F13.Sn/c10-6-9(12)11-7-8-4-2-1-3-5-8;3*1-2-3(9,10)4(11,12)5(13,14)6(15,16)7(17,18)8(19,20)21;/h1-2,4-5H,6-7H2,(H,11,12);3*1-2H2;. The number of hydrogen-bond donors (Lipinski definition) is 1. The Balaban J connectivity index is 4.64. The van der Waals surface area contributed by atoms with E-state index in [1.807, 2.05) is 0 Å². The predicted octanol–water partition coefficient (Wildman–Crippen LogP) is 15.8. The van der Waals surface area contributed by atoms with Gasteiger partial charge in [-0.15, -0.1) is 0 Å². The van der Waals surface area contributed by atoms with Crippen molar-refractivity contribution in [3.05, 3.63) is 29.8 Å². The van der Waals surface area contributed by atoms with Gasteiger partial charge in [0, 0.05) is 0 Å². The van der Waals surface area contributed by atoms with Gasteiger partial charge in [0.05, 0.1) is 0 Å². The van der Waals surface area contributed by atoms with Crippen LogP contribution in [0.25, 0.3) is 0 Å². The van der Waals surface area contributed by atoms with E-state index < -0.39 is 184 Å². The van der Waals surface area contributed by atoms with Crippen molar-refractivity contribution in [3.8, 4) is 0 Å². The van der Waals surface area contributed by atoms with E-state index in [4.69, 9.17) is 0 Å². The number of benzene rings is 1. The molecule has 0 fully saturated rings. The molecule has 0 aromatic heterocycles. The third-order valence-electron chi connectivity index (χ3n) is 10.9. The summed E-state index contributed by atoms with van der Waals surface area (Å²) < 4.78 is 533. The summed E-state index contributed by atoms with van der Waals surface area (Å²) >= 11 is -7.16. The van der Waals surface area contributed by atoms with Crippen molar-refractivity contribution in [2.75, 3.05) is 4.43 Å². The van der Waals surface area contributed by atoms with E-state index in [0.29, 0.717) is 6.07 Å². The molecule has 0 radical (unpaired) electrons. The Morgan fingerprint density at radius 1 is 0.368 bits per heavy atom. The number of carbonyl (C=O) groups is 1. The van der Waals surface area contributed by atoms with Crippen molar-refractivity contribution in [2.45, 2.75) is 146 Å². The topological polar surface area (TPSA) is 29.1 Å². The number of amides is 1. The summed E-state index contributed by atoms with van der Waals surface area (Å²) in [7, 11) is 0. The van der Waals surface area contributed by atoms with E-state index in [2.05, 4.69) is 0 Å². The molecule has 0 unspecified atom stereocenters. The summed E-state index contributed by atoms with van der Waals surface area (Å²) in [5, 5.41) is 1.75. The summed E-state index contributed by atoms with van der Waals surface area (Å²) in [6.45, 7) is -1.26. The molecule has 0 aliphatic heterocycles. The fraction of sp³-hybridized carbons (Fsp3) is 0.788. The van der Waals surface area contributed by atoms with Crippen molar-refractivity contribution >= 4 is 50.5 Å². The Morgan fingerprint density at radius 3 is 0.829 bits per heavy atom. The van der Waals surface area contributed by atoms with Crippen LogP contribution in [0.5, 0.6) is 0 Å². The Labute approximate surface area is 411 Å². The Hall–Kier alpha value is -2.51. The minimum atomic E-state index is -8.91. The van der Waals surface area contributed by atoms with Crippen molar-refractivity contribution < 1.29 is 176 Å². The second-order valence-corrected chi connectivity index (χ2v) is 29.9. The van der Waals surface area contributed by atoms with Crippen LogP contribution in [0, 0.1) is 0 Å². The molecule has 1 rings (SSSR count). The van der Waals surface area contributed by atoms with Gasteiger partial charge in [-0.2, -0.15) is 0 Å². The van der Waals surface area contributed by atoms with E-state index in [9.17, 15) is 150 Å². The van der Waals surface area contributed by atoms with Crippen LogP contribution in [0.15, 0.2) is 24.3 Å². The molecule has 76 heavy (non-hydrogen) atoms. The SMILES string of the molecule is O=C(CI)NCc1ccc[c]([Sn]([CH2]CC(F)(F)C(F)(F)C(F)(F)C(F)(F)C(F)(F)C(F)(F)F)([CH2]CC(F)(F)C(F)(F)C(F)(F)C(F)(F)C(F)(F)C(F)(F)F)[CH2]CC(F)(F)C(F)(F)C(F)(F)C(F)(F)C(F)(F)C(F)(F)F)c1. The van der Waals surface area contributed by atoms with Crippen LogP contribution in [0.3, 0.4) is 0 Å². The second-order valence-electron chi connectivity index (χ2n) is 15.9. The number of halogens is 40. The molecule has 1 aromatic carbocycles. The molecule has 0 aliphatic rings. The maximum absolute atomic E-state index is 15.3. The molecule has 0 saturated carbocycles. The minimum absolute atomic E-state index is 0.133. The summed E-state index contributed by atoms with van der Waals surface area (Å²) in [6.07, 6.45) is -36.7. The number of hydrogen-bond acceptors (Lipinski definition) is 1. The zero-order chi connectivity index (χ0) is 61.4. The third-order valence-corrected chi connectivity index (χ3v) is 26.3. The maximum atomic E-state index is 15.3. The van der Waals surface area contributed by atoms with Gasteiger partial charge < -0.3 is 0 Å². The van der Waals surface area contributed by atoms with E-state index >= 15 is 26.3 Å². The fourth-order valence-electron chi connectivity index (χ4n) is 6.13. The van der Waals surface area contributed by atoms with Crippen molar-refractivity contribution in [1.82, 2.24) is 5.32 Å². The number of nitrogens with one attached hydrogen (secondary N) is 1. The summed E-state index contributed by atoms with van der Waals surface area (Å²) in [5.74, 6) is -129. The van der Waals surface area contributed by atoms with Gasteiger partial charge in [-0.1, -0.05) is 0 Å². The average Bonchev–Trinajstić information content (AvgIpc) is 3.23. The molecule has 0 atom stereocenters.